The highest BCUT2D eigenvalue weighted by atomic mass is 32.1. The van der Waals surface area contributed by atoms with Crippen molar-refractivity contribution in [3.05, 3.63) is 70.6 Å². The van der Waals surface area contributed by atoms with Crippen LogP contribution in [0, 0.1) is 11.6 Å². The van der Waals surface area contributed by atoms with Gasteiger partial charge in [0.05, 0.1) is 6.10 Å². The second-order valence-corrected chi connectivity index (χ2v) is 5.76. The largest absolute Gasteiger partial charge is 0.387 e. The van der Waals surface area contributed by atoms with Gasteiger partial charge < -0.3 is 5.11 Å². The first-order chi connectivity index (χ1) is 9.63. The van der Waals surface area contributed by atoms with Crippen molar-refractivity contribution in [2.75, 3.05) is 0 Å². The van der Waals surface area contributed by atoms with E-state index in [0.29, 0.717) is 0 Å². The highest BCUT2D eigenvalue weighted by Gasteiger charge is 2.15. The van der Waals surface area contributed by atoms with Gasteiger partial charge in [0, 0.05) is 16.0 Å². The Labute approximate surface area is 119 Å². The first-order valence-electron chi connectivity index (χ1n) is 6.24. The van der Waals surface area contributed by atoms with Gasteiger partial charge in [0.15, 0.2) is 0 Å². The summed E-state index contributed by atoms with van der Waals surface area (Å²) in [5, 5.41) is 11.3. The molecule has 4 heteroatoms. The van der Waals surface area contributed by atoms with E-state index in [0.717, 1.165) is 33.2 Å². The van der Waals surface area contributed by atoms with Crippen molar-refractivity contribution < 1.29 is 13.9 Å². The maximum Gasteiger partial charge on any atom is 0.126 e. The molecule has 102 valence electrons. The third-order valence-corrected chi connectivity index (χ3v) is 4.41. The molecule has 1 atom stereocenters. The van der Waals surface area contributed by atoms with Crippen molar-refractivity contribution in [1.29, 1.82) is 0 Å². The van der Waals surface area contributed by atoms with Gasteiger partial charge in [0.2, 0.25) is 0 Å². The van der Waals surface area contributed by atoms with Crippen molar-refractivity contribution in [2.45, 2.75) is 12.5 Å². The summed E-state index contributed by atoms with van der Waals surface area (Å²) in [6.07, 6.45) is -0.764. The van der Waals surface area contributed by atoms with Crippen LogP contribution in [0.25, 0.3) is 10.1 Å². The zero-order chi connectivity index (χ0) is 14.1. The standard InChI is InChI=1S/C16H12F2OS/c17-12-5-6-13(18)11(7-12)8-14(19)16-9-10-3-1-2-4-15(10)20-16/h1-7,9,14,19H,8H2. The molecule has 2 aromatic carbocycles. The van der Waals surface area contributed by atoms with Crippen LogP contribution in [0.1, 0.15) is 16.5 Å². The number of benzene rings is 2. The number of hydrogen-bond acceptors (Lipinski definition) is 2. The van der Waals surface area contributed by atoms with Gasteiger partial charge in [0.25, 0.3) is 0 Å². The van der Waals surface area contributed by atoms with E-state index in [4.69, 9.17) is 0 Å². The Bertz CT molecular complexity index is 718. The number of rotatable bonds is 3. The number of fused-ring (bicyclic) bond motifs is 1. The van der Waals surface area contributed by atoms with Crippen LogP contribution >= 0.6 is 11.3 Å². The molecule has 20 heavy (non-hydrogen) atoms. The van der Waals surface area contributed by atoms with Gasteiger partial charge in [-0.3, -0.25) is 0 Å². The van der Waals surface area contributed by atoms with Gasteiger partial charge >= 0.3 is 0 Å². The Hall–Kier alpha value is -1.78. The Balaban J connectivity index is 1.88. The minimum Gasteiger partial charge on any atom is -0.387 e. The van der Waals surface area contributed by atoms with E-state index < -0.39 is 17.7 Å². The molecule has 1 aromatic heterocycles. The van der Waals surface area contributed by atoms with Gasteiger partial charge in [-0.2, -0.15) is 0 Å². The van der Waals surface area contributed by atoms with Crippen LogP contribution < -0.4 is 0 Å². The molecule has 3 aromatic rings. The molecule has 0 aliphatic heterocycles. The lowest BCUT2D eigenvalue weighted by molar-refractivity contribution is 0.181. The van der Waals surface area contributed by atoms with E-state index in [2.05, 4.69) is 0 Å². The minimum atomic E-state index is -0.830. The second kappa shape index (κ2) is 5.31. The van der Waals surface area contributed by atoms with Crippen molar-refractivity contribution in [2.24, 2.45) is 0 Å². The molecule has 0 saturated carbocycles. The molecule has 0 spiro atoms. The van der Waals surface area contributed by atoms with Crippen LogP contribution in [0.15, 0.2) is 48.5 Å². The Kier molecular flexibility index (Phi) is 3.51. The predicted molar refractivity (Wildman–Crippen MR) is 76.8 cm³/mol. The summed E-state index contributed by atoms with van der Waals surface area (Å²) in [7, 11) is 0. The van der Waals surface area contributed by atoms with Gasteiger partial charge in [-0.05, 0) is 41.3 Å². The fourth-order valence-corrected chi connectivity index (χ4v) is 3.23. The van der Waals surface area contributed by atoms with E-state index in [-0.39, 0.29) is 12.0 Å². The van der Waals surface area contributed by atoms with E-state index in [1.807, 2.05) is 30.3 Å². The Morgan fingerprint density at radius 1 is 1.05 bits per heavy atom. The molecule has 1 N–H and O–H groups in total. The summed E-state index contributed by atoms with van der Waals surface area (Å²) in [6, 6.07) is 13.0. The topological polar surface area (TPSA) is 20.2 Å². The van der Waals surface area contributed by atoms with Gasteiger partial charge in [-0.1, -0.05) is 18.2 Å². The monoisotopic (exact) mass is 290 g/mol. The third kappa shape index (κ3) is 2.57. The minimum absolute atomic E-state index is 0.0659. The van der Waals surface area contributed by atoms with E-state index in [1.54, 1.807) is 0 Å². The first-order valence-corrected chi connectivity index (χ1v) is 7.05. The van der Waals surface area contributed by atoms with Gasteiger partial charge in [0.1, 0.15) is 11.6 Å². The molecule has 1 unspecified atom stereocenters. The Morgan fingerprint density at radius 2 is 1.85 bits per heavy atom. The molecule has 0 aliphatic carbocycles. The van der Waals surface area contributed by atoms with Crippen molar-refractivity contribution in [1.82, 2.24) is 0 Å². The number of halogens is 2. The molecule has 0 fully saturated rings. The molecule has 3 rings (SSSR count). The maximum atomic E-state index is 13.6. The molecule has 0 bridgehead atoms. The fraction of sp³-hybridized carbons (Fsp3) is 0.125. The lowest BCUT2D eigenvalue weighted by atomic mass is 10.1. The van der Waals surface area contributed by atoms with Crippen LogP contribution in [0.5, 0.6) is 0 Å². The summed E-state index contributed by atoms with van der Waals surface area (Å²) >= 11 is 1.47. The van der Waals surface area contributed by atoms with Crippen LogP contribution in [-0.4, -0.2) is 5.11 Å². The highest BCUT2D eigenvalue weighted by molar-refractivity contribution is 7.19. The zero-order valence-corrected chi connectivity index (χ0v) is 11.3. The summed E-state index contributed by atoms with van der Waals surface area (Å²) < 4.78 is 27.8. The van der Waals surface area contributed by atoms with Crippen LogP contribution in [0.2, 0.25) is 0 Å². The number of thiophene rings is 1. The Morgan fingerprint density at radius 3 is 2.65 bits per heavy atom. The first kappa shape index (κ1) is 13.2. The van der Waals surface area contributed by atoms with Gasteiger partial charge in [-0.15, -0.1) is 11.3 Å². The quantitative estimate of drug-likeness (QED) is 0.755. The summed E-state index contributed by atoms with van der Waals surface area (Å²) in [5.41, 5.74) is 0.190. The van der Waals surface area contributed by atoms with Crippen molar-refractivity contribution in [3.8, 4) is 0 Å². The number of aliphatic hydroxyl groups is 1. The zero-order valence-electron chi connectivity index (χ0n) is 10.5. The molecule has 1 nitrogen and oxygen atoms in total. The lowest BCUT2D eigenvalue weighted by Crippen LogP contribution is -2.02. The predicted octanol–water partition coefficient (Wildman–Crippen LogP) is 4.46. The van der Waals surface area contributed by atoms with Crippen LogP contribution in [-0.2, 0) is 6.42 Å². The number of hydrogen-bond donors (Lipinski definition) is 1. The summed E-state index contributed by atoms with van der Waals surface area (Å²) in [4.78, 5) is 0.759. The van der Waals surface area contributed by atoms with Crippen molar-refractivity contribution >= 4 is 21.4 Å². The highest BCUT2D eigenvalue weighted by Crippen LogP contribution is 2.31. The molecule has 0 amide bonds. The van der Waals surface area contributed by atoms with Gasteiger partial charge in [-0.25, -0.2) is 8.78 Å². The average molecular weight is 290 g/mol. The second-order valence-electron chi connectivity index (χ2n) is 4.64. The van der Waals surface area contributed by atoms with Crippen LogP contribution in [0.3, 0.4) is 0 Å². The lowest BCUT2D eigenvalue weighted by Gasteiger charge is -2.09. The maximum absolute atomic E-state index is 13.6. The average Bonchev–Trinajstić information content (AvgIpc) is 2.87. The third-order valence-electron chi connectivity index (χ3n) is 3.19. The molecular weight excluding hydrogens is 278 g/mol. The smallest absolute Gasteiger partial charge is 0.126 e. The molecular formula is C16H12F2OS. The summed E-state index contributed by atoms with van der Waals surface area (Å²) in [6.45, 7) is 0. The molecule has 0 aliphatic rings. The molecule has 0 saturated heterocycles. The van der Waals surface area contributed by atoms with E-state index in [9.17, 15) is 13.9 Å². The summed E-state index contributed by atoms with van der Waals surface area (Å²) in [5.74, 6) is -0.989. The SMILES string of the molecule is OC(Cc1cc(F)ccc1F)c1cc2ccccc2s1. The fourth-order valence-electron chi connectivity index (χ4n) is 2.18. The van der Waals surface area contributed by atoms with E-state index >= 15 is 0 Å². The van der Waals surface area contributed by atoms with Crippen molar-refractivity contribution in [3.63, 3.8) is 0 Å². The molecule has 0 radical (unpaired) electrons. The number of aliphatic hydroxyl groups excluding tert-OH is 1. The normalized spacial score (nSPS) is 12.8. The van der Waals surface area contributed by atoms with E-state index in [1.165, 1.54) is 11.3 Å². The van der Waals surface area contributed by atoms with Crippen LogP contribution in [0.4, 0.5) is 8.78 Å². The molecule has 1 heterocycles.